The van der Waals surface area contributed by atoms with Gasteiger partial charge in [0.25, 0.3) is 0 Å². The zero-order chi connectivity index (χ0) is 13.0. The highest BCUT2D eigenvalue weighted by Crippen LogP contribution is 2.20. The van der Waals surface area contributed by atoms with E-state index in [1.165, 1.54) is 0 Å². The topological polar surface area (TPSA) is 60.8 Å². The number of nitrogens with zero attached hydrogens (tertiary/aromatic N) is 1. The number of hydrogen-bond acceptors (Lipinski definition) is 3. The van der Waals surface area contributed by atoms with Crippen molar-refractivity contribution in [2.45, 2.75) is 18.9 Å². The lowest BCUT2D eigenvalue weighted by Gasteiger charge is -2.32. The molecule has 1 aromatic carbocycles. The number of carboxylic acids is 1. The summed E-state index contributed by atoms with van der Waals surface area (Å²) in [6, 6.07) is 9.49. The molecule has 1 fully saturated rings. The number of β-amino-alcohol motifs (C(OH)–C–C–N with tert-alkyl or cyclic N) is 1. The smallest absolute Gasteiger partial charge is 0.307 e. The van der Waals surface area contributed by atoms with Crippen LogP contribution in [0.3, 0.4) is 0 Å². The van der Waals surface area contributed by atoms with Crippen molar-refractivity contribution in [3.05, 3.63) is 35.9 Å². The van der Waals surface area contributed by atoms with E-state index in [-0.39, 0.29) is 5.92 Å². The molecular weight excluding hydrogens is 230 g/mol. The maximum atomic E-state index is 11.0. The van der Waals surface area contributed by atoms with Gasteiger partial charge in [-0.25, -0.2) is 0 Å². The van der Waals surface area contributed by atoms with Crippen LogP contribution in [-0.4, -0.2) is 40.7 Å². The van der Waals surface area contributed by atoms with Gasteiger partial charge in [0.2, 0.25) is 0 Å². The van der Waals surface area contributed by atoms with Gasteiger partial charge in [-0.15, -0.1) is 0 Å². The normalized spacial score (nSPS) is 22.6. The van der Waals surface area contributed by atoms with Crippen molar-refractivity contribution in [1.29, 1.82) is 0 Å². The number of rotatable bonds is 4. The Morgan fingerprint density at radius 3 is 2.78 bits per heavy atom. The number of carboxylic acid groups (broad SMARTS) is 1. The fourth-order valence-corrected chi connectivity index (χ4v) is 2.45. The Bertz CT molecular complexity index is 393. The quantitative estimate of drug-likeness (QED) is 0.849. The lowest BCUT2D eigenvalue weighted by atomic mass is 9.97. The SMILES string of the molecule is O=C(O)C1CCCN(CC(O)c2ccccc2)C1. The molecule has 0 aliphatic carbocycles. The Balaban J connectivity index is 1.91. The standard InChI is InChI=1S/C14H19NO3/c16-13(11-5-2-1-3-6-11)10-15-8-4-7-12(9-15)14(17)18/h1-3,5-6,12-13,16H,4,7-10H2,(H,17,18). The van der Waals surface area contributed by atoms with Crippen LogP contribution in [0, 0.1) is 5.92 Å². The number of aliphatic hydroxyl groups is 1. The predicted octanol–water partition coefficient (Wildman–Crippen LogP) is 1.52. The van der Waals surface area contributed by atoms with Gasteiger partial charge >= 0.3 is 5.97 Å². The second-order valence-corrected chi connectivity index (χ2v) is 4.86. The van der Waals surface area contributed by atoms with E-state index in [4.69, 9.17) is 5.11 Å². The molecule has 1 aliphatic rings. The molecule has 1 aromatic rings. The fourth-order valence-electron chi connectivity index (χ4n) is 2.45. The third kappa shape index (κ3) is 3.31. The van der Waals surface area contributed by atoms with Gasteiger partial charge in [0, 0.05) is 13.1 Å². The molecule has 0 radical (unpaired) electrons. The van der Waals surface area contributed by atoms with Crippen LogP contribution >= 0.6 is 0 Å². The Morgan fingerprint density at radius 1 is 1.39 bits per heavy atom. The van der Waals surface area contributed by atoms with E-state index >= 15 is 0 Å². The molecule has 0 spiro atoms. The van der Waals surface area contributed by atoms with Crippen LogP contribution in [0.25, 0.3) is 0 Å². The van der Waals surface area contributed by atoms with Gasteiger partial charge in [-0.1, -0.05) is 30.3 Å². The van der Waals surface area contributed by atoms with E-state index in [2.05, 4.69) is 0 Å². The molecule has 1 aliphatic heterocycles. The predicted molar refractivity (Wildman–Crippen MR) is 68.2 cm³/mol. The van der Waals surface area contributed by atoms with Crippen LogP contribution in [0.1, 0.15) is 24.5 Å². The Morgan fingerprint density at radius 2 is 2.11 bits per heavy atom. The number of likely N-dealkylation sites (tertiary alicyclic amines) is 1. The van der Waals surface area contributed by atoms with E-state index in [1.54, 1.807) is 0 Å². The number of aliphatic carboxylic acids is 1. The lowest BCUT2D eigenvalue weighted by molar-refractivity contribution is -0.143. The first-order valence-electron chi connectivity index (χ1n) is 6.35. The maximum Gasteiger partial charge on any atom is 0.307 e. The van der Waals surface area contributed by atoms with E-state index in [0.29, 0.717) is 13.1 Å². The lowest BCUT2D eigenvalue weighted by Crippen LogP contribution is -2.40. The van der Waals surface area contributed by atoms with Crippen molar-refractivity contribution in [3.63, 3.8) is 0 Å². The highest BCUT2D eigenvalue weighted by Gasteiger charge is 2.26. The van der Waals surface area contributed by atoms with E-state index < -0.39 is 12.1 Å². The Kier molecular flexibility index (Phi) is 4.33. The molecule has 18 heavy (non-hydrogen) atoms. The number of hydrogen-bond donors (Lipinski definition) is 2. The van der Waals surface area contributed by atoms with Crippen molar-refractivity contribution >= 4 is 5.97 Å². The fraction of sp³-hybridized carbons (Fsp3) is 0.500. The molecule has 0 bridgehead atoms. The largest absolute Gasteiger partial charge is 0.481 e. The molecular formula is C14H19NO3. The number of aliphatic hydroxyl groups excluding tert-OH is 1. The Labute approximate surface area is 107 Å². The summed E-state index contributed by atoms with van der Waals surface area (Å²) < 4.78 is 0. The minimum absolute atomic E-state index is 0.290. The summed E-state index contributed by atoms with van der Waals surface area (Å²) in [6.45, 7) is 1.92. The molecule has 0 amide bonds. The number of benzene rings is 1. The second-order valence-electron chi connectivity index (χ2n) is 4.86. The van der Waals surface area contributed by atoms with Gasteiger partial charge in [-0.3, -0.25) is 9.69 Å². The maximum absolute atomic E-state index is 11.0. The molecule has 4 heteroatoms. The van der Waals surface area contributed by atoms with Crippen LogP contribution in [0.2, 0.25) is 0 Å². The molecule has 1 saturated heterocycles. The average molecular weight is 249 g/mol. The third-order valence-electron chi connectivity index (χ3n) is 3.47. The highest BCUT2D eigenvalue weighted by molar-refractivity contribution is 5.70. The Hall–Kier alpha value is -1.39. The summed E-state index contributed by atoms with van der Waals surface area (Å²) in [7, 11) is 0. The van der Waals surface area contributed by atoms with E-state index in [9.17, 15) is 9.90 Å². The summed E-state index contributed by atoms with van der Waals surface area (Å²) in [5.41, 5.74) is 0.884. The average Bonchev–Trinajstić information content (AvgIpc) is 2.40. The molecule has 2 atom stereocenters. The third-order valence-corrected chi connectivity index (χ3v) is 3.47. The molecule has 2 unspecified atom stereocenters. The zero-order valence-corrected chi connectivity index (χ0v) is 10.3. The molecule has 0 aromatic heterocycles. The number of carbonyl (C=O) groups is 1. The zero-order valence-electron chi connectivity index (χ0n) is 10.3. The van der Waals surface area contributed by atoms with E-state index in [1.807, 2.05) is 35.2 Å². The van der Waals surface area contributed by atoms with Gasteiger partial charge in [0.05, 0.1) is 12.0 Å². The van der Waals surface area contributed by atoms with Crippen molar-refractivity contribution in [2.24, 2.45) is 5.92 Å². The first-order chi connectivity index (χ1) is 8.66. The van der Waals surface area contributed by atoms with Gasteiger partial charge in [0.15, 0.2) is 0 Å². The van der Waals surface area contributed by atoms with Crippen LogP contribution in [-0.2, 0) is 4.79 Å². The van der Waals surface area contributed by atoms with Gasteiger partial charge in [-0.05, 0) is 24.9 Å². The molecule has 0 saturated carbocycles. The molecule has 2 N–H and O–H groups in total. The number of piperidine rings is 1. The minimum atomic E-state index is -0.728. The molecule has 4 nitrogen and oxygen atoms in total. The van der Waals surface area contributed by atoms with Crippen LogP contribution in [0.5, 0.6) is 0 Å². The van der Waals surface area contributed by atoms with Gasteiger partial charge < -0.3 is 10.2 Å². The second kappa shape index (κ2) is 5.98. The van der Waals surface area contributed by atoms with Gasteiger partial charge in [0.1, 0.15) is 0 Å². The monoisotopic (exact) mass is 249 g/mol. The first-order valence-corrected chi connectivity index (χ1v) is 6.35. The molecule has 1 heterocycles. The first kappa shape index (κ1) is 13.1. The van der Waals surface area contributed by atoms with Crippen LogP contribution in [0.15, 0.2) is 30.3 Å². The minimum Gasteiger partial charge on any atom is -0.481 e. The van der Waals surface area contributed by atoms with Crippen molar-refractivity contribution in [2.75, 3.05) is 19.6 Å². The summed E-state index contributed by atoms with van der Waals surface area (Å²) in [4.78, 5) is 13.0. The molecule has 2 rings (SSSR count). The summed E-state index contributed by atoms with van der Waals surface area (Å²) in [5.74, 6) is -1.02. The highest BCUT2D eigenvalue weighted by atomic mass is 16.4. The summed E-state index contributed by atoms with van der Waals surface area (Å²) in [6.07, 6.45) is 1.09. The summed E-state index contributed by atoms with van der Waals surface area (Å²) in [5, 5.41) is 19.1. The molecule has 98 valence electrons. The van der Waals surface area contributed by atoms with Crippen molar-refractivity contribution in [1.82, 2.24) is 4.90 Å². The van der Waals surface area contributed by atoms with E-state index in [0.717, 1.165) is 24.9 Å². The van der Waals surface area contributed by atoms with Crippen molar-refractivity contribution < 1.29 is 15.0 Å². The van der Waals surface area contributed by atoms with Crippen LogP contribution < -0.4 is 0 Å². The summed E-state index contributed by atoms with van der Waals surface area (Å²) >= 11 is 0. The van der Waals surface area contributed by atoms with Gasteiger partial charge in [-0.2, -0.15) is 0 Å². The van der Waals surface area contributed by atoms with Crippen molar-refractivity contribution in [3.8, 4) is 0 Å². The van der Waals surface area contributed by atoms with Crippen LogP contribution in [0.4, 0.5) is 0 Å².